The normalized spacial score (nSPS) is 23.1. The Bertz CT molecular complexity index is 407. The van der Waals surface area contributed by atoms with E-state index in [2.05, 4.69) is 27.5 Å². The van der Waals surface area contributed by atoms with E-state index in [0.717, 1.165) is 24.1 Å². The van der Waals surface area contributed by atoms with E-state index >= 15 is 0 Å². The second-order valence-electron chi connectivity index (χ2n) is 5.31. The summed E-state index contributed by atoms with van der Waals surface area (Å²) in [4.78, 5) is 8.44. The van der Waals surface area contributed by atoms with Crippen LogP contribution in [0.15, 0.2) is 6.07 Å². The van der Waals surface area contributed by atoms with E-state index in [1.165, 1.54) is 32.1 Å². The van der Waals surface area contributed by atoms with Gasteiger partial charge in [-0.1, -0.05) is 26.2 Å². The van der Waals surface area contributed by atoms with Gasteiger partial charge < -0.3 is 16.4 Å². The van der Waals surface area contributed by atoms with Crippen molar-refractivity contribution in [2.45, 2.75) is 52.0 Å². The topological polar surface area (TPSA) is 75.9 Å². The van der Waals surface area contributed by atoms with Crippen molar-refractivity contribution in [3.8, 4) is 0 Å². The molecule has 1 aromatic heterocycles. The number of nitrogens with one attached hydrogen (secondary N) is 2. The van der Waals surface area contributed by atoms with E-state index < -0.39 is 0 Å². The number of hydrogen-bond acceptors (Lipinski definition) is 5. The summed E-state index contributed by atoms with van der Waals surface area (Å²) in [7, 11) is 0. The third kappa shape index (κ3) is 3.98. The van der Waals surface area contributed by atoms with Crippen molar-refractivity contribution in [3.05, 3.63) is 6.07 Å². The Kier molecular flexibility index (Phi) is 4.82. The molecule has 1 heterocycles. The van der Waals surface area contributed by atoms with E-state index in [1.54, 1.807) is 0 Å². The van der Waals surface area contributed by atoms with Crippen LogP contribution in [-0.2, 0) is 0 Å². The first-order valence-corrected chi connectivity index (χ1v) is 7.36. The Morgan fingerprint density at radius 3 is 2.79 bits per heavy atom. The van der Waals surface area contributed by atoms with Crippen LogP contribution in [-0.4, -0.2) is 22.6 Å². The summed E-state index contributed by atoms with van der Waals surface area (Å²) in [6, 6.07) is 2.46. The minimum absolute atomic E-state index is 0.323. The van der Waals surface area contributed by atoms with Gasteiger partial charge in [0.05, 0.1) is 0 Å². The molecule has 1 saturated carbocycles. The highest BCUT2D eigenvalue weighted by atomic mass is 15.1. The van der Waals surface area contributed by atoms with Crippen molar-refractivity contribution in [3.63, 3.8) is 0 Å². The number of anilines is 3. The lowest BCUT2D eigenvalue weighted by molar-refractivity contribution is 0.327. The molecule has 1 fully saturated rings. The third-order valence-corrected chi connectivity index (χ3v) is 3.81. The van der Waals surface area contributed by atoms with E-state index in [9.17, 15) is 0 Å². The molecule has 0 spiro atoms. The van der Waals surface area contributed by atoms with Crippen molar-refractivity contribution < 1.29 is 0 Å². The molecule has 1 aliphatic rings. The fraction of sp³-hybridized carbons (Fsp3) is 0.714. The van der Waals surface area contributed by atoms with E-state index in [1.807, 2.05) is 13.0 Å². The maximum Gasteiger partial charge on any atom is 0.223 e. The first-order chi connectivity index (χ1) is 9.21. The van der Waals surface area contributed by atoms with Crippen LogP contribution in [0.2, 0.25) is 0 Å². The maximum atomic E-state index is 5.75. The molecule has 0 amide bonds. The van der Waals surface area contributed by atoms with Gasteiger partial charge in [-0.05, 0) is 25.7 Å². The highest BCUT2D eigenvalue weighted by Crippen LogP contribution is 2.28. The number of aromatic nitrogens is 2. The molecule has 4 N–H and O–H groups in total. The van der Waals surface area contributed by atoms with Crippen molar-refractivity contribution in [1.82, 2.24) is 9.97 Å². The molecule has 1 aromatic rings. The first kappa shape index (κ1) is 13.9. The zero-order valence-corrected chi connectivity index (χ0v) is 11.9. The molecule has 0 bridgehead atoms. The van der Waals surface area contributed by atoms with Crippen LogP contribution >= 0.6 is 0 Å². The molecule has 2 atom stereocenters. The monoisotopic (exact) mass is 263 g/mol. The summed E-state index contributed by atoms with van der Waals surface area (Å²) in [5.74, 6) is 2.80. The Morgan fingerprint density at radius 2 is 2.05 bits per heavy atom. The Morgan fingerprint density at radius 1 is 1.26 bits per heavy atom. The lowest BCUT2D eigenvalue weighted by Gasteiger charge is -2.29. The van der Waals surface area contributed by atoms with Gasteiger partial charge in [0.25, 0.3) is 0 Å². The largest absolute Gasteiger partial charge is 0.370 e. The molecular formula is C14H25N5. The molecule has 5 nitrogen and oxygen atoms in total. The predicted octanol–water partition coefficient (Wildman–Crippen LogP) is 2.87. The van der Waals surface area contributed by atoms with Crippen LogP contribution in [0.3, 0.4) is 0 Å². The second kappa shape index (κ2) is 6.59. The fourth-order valence-corrected chi connectivity index (χ4v) is 2.81. The fourth-order valence-electron chi connectivity index (χ4n) is 2.81. The molecule has 1 aliphatic carbocycles. The molecule has 5 heteroatoms. The molecule has 0 saturated heterocycles. The second-order valence-corrected chi connectivity index (χ2v) is 5.31. The highest BCUT2D eigenvalue weighted by molar-refractivity contribution is 5.51. The van der Waals surface area contributed by atoms with Gasteiger partial charge in [0.15, 0.2) is 0 Å². The van der Waals surface area contributed by atoms with Crippen LogP contribution in [0.4, 0.5) is 17.6 Å². The van der Waals surface area contributed by atoms with Crippen LogP contribution in [0.5, 0.6) is 0 Å². The van der Waals surface area contributed by atoms with Crippen molar-refractivity contribution >= 4 is 17.6 Å². The summed E-state index contributed by atoms with van der Waals surface area (Å²) in [6.07, 6.45) is 6.39. The summed E-state index contributed by atoms with van der Waals surface area (Å²) in [5, 5.41) is 6.69. The number of rotatable bonds is 5. The van der Waals surface area contributed by atoms with Gasteiger partial charge in [-0.25, -0.2) is 0 Å². The number of nitrogens with zero attached hydrogens (tertiary/aromatic N) is 2. The number of hydrogen-bond donors (Lipinski definition) is 3. The van der Waals surface area contributed by atoms with Crippen LogP contribution < -0.4 is 16.4 Å². The van der Waals surface area contributed by atoms with Gasteiger partial charge >= 0.3 is 0 Å². The van der Waals surface area contributed by atoms with Crippen molar-refractivity contribution in [1.29, 1.82) is 0 Å². The highest BCUT2D eigenvalue weighted by Gasteiger charge is 2.21. The lowest BCUT2D eigenvalue weighted by Crippen LogP contribution is -2.27. The Balaban J connectivity index is 2.01. The van der Waals surface area contributed by atoms with E-state index in [0.29, 0.717) is 12.0 Å². The molecule has 0 aromatic carbocycles. The molecular weight excluding hydrogens is 238 g/mol. The molecule has 2 unspecified atom stereocenters. The maximum absolute atomic E-state index is 5.75. The average Bonchev–Trinajstić information content (AvgIpc) is 2.38. The third-order valence-electron chi connectivity index (χ3n) is 3.81. The predicted molar refractivity (Wildman–Crippen MR) is 80.3 cm³/mol. The molecule has 0 aliphatic heterocycles. The van der Waals surface area contributed by atoms with Crippen LogP contribution in [0.1, 0.15) is 46.0 Å². The van der Waals surface area contributed by atoms with Gasteiger partial charge in [0.1, 0.15) is 11.6 Å². The first-order valence-electron chi connectivity index (χ1n) is 7.36. The zero-order valence-electron chi connectivity index (χ0n) is 11.9. The lowest BCUT2D eigenvalue weighted by atomic mass is 9.84. The van der Waals surface area contributed by atoms with Gasteiger partial charge in [-0.3, -0.25) is 0 Å². The SMILES string of the molecule is CCNc1cc(NC2CCCC(CC)C2)nc(N)n1. The summed E-state index contributed by atoms with van der Waals surface area (Å²) >= 11 is 0. The van der Waals surface area contributed by atoms with Crippen molar-refractivity contribution in [2.24, 2.45) is 5.92 Å². The minimum atomic E-state index is 0.323. The van der Waals surface area contributed by atoms with Gasteiger partial charge in [-0.2, -0.15) is 9.97 Å². The zero-order chi connectivity index (χ0) is 13.7. The van der Waals surface area contributed by atoms with Crippen LogP contribution in [0.25, 0.3) is 0 Å². The van der Waals surface area contributed by atoms with E-state index in [-0.39, 0.29) is 0 Å². The molecule has 0 radical (unpaired) electrons. The summed E-state index contributed by atoms with van der Waals surface area (Å²) < 4.78 is 0. The van der Waals surface area contributed by atoms with Gasteiger partial charge in [-0.15, -0.1) is 0 Å². The molecule has 2 rings (SSSR count). The van der Waals surface area contributed by atoms with E-state index in [4.69, 9.17) is 5.73 Å². The quantitative estimate of drug-likeness (QED) is 0.761. The molecule has 106 valence electrons. The van der Waals surface area contributed by atoms with Crippen molar-refractivity contribution in [2.75, 3.05) is 22.9 Å². The Labute approximate surface area is 115 Å². The minimum Gasteiger partial charge on any atom is -0.370 e. The summed E-state index contributed by atoms with van der Waals surface area (Å²) in [5.41, 5.74) is 5.75. The molecule has 19 heavy (non-hydrogen) atoms. The smallest absolute Gasteiger partial charge is 0.223 e. The average molecular weight is 263 g/mol. The number of nitrogen functional groups attached to an aromatic ring is 1. The van der Waals surface area contributed by atoms with Gasteiger partial charge in [0, 0.05) is 18.7 Å². The standard InChI is InChI=1S/C14H25N5/c1-3-10-6-5-7-11(8-10)17-13-9-12(16-4-2)18-14(15)19-13/h9-11H,3-8H2,1-2H3,(H4,15,16,17,18,19). The summed E-state index contributed by atoms with van der Waals surface area (Å²) in [6.45, 7) is 5.15. The van der Waals surface area contributed by atoms with Gasteiger partial charge in [0.2, 0.25) is 5.95 Å². The Hall–Kier alpha value is -1.52. The van der Waals surface area contributed by atoms with Crippen LogP contribution in [0, 0.1) is 5.92 Å². The number of nitrogens with two attached hydrogens (primary N) is 1.